The number of H-pyrrole nitrogens is 1. The molecule has 0 spiro atoms. The van der Waals surface area contributed by atoms with Gasteiger partial charge in [-0.1, -0.05) is 23.9 Å². The number of hydrogen-bond donors (Lipinski definition) is 2. The van der Waals surface area contributed by atoms with Crippen LogP contribution in [-0.4, -0.2) is 22.2 Å². The van der Waals surface area contributed by atoms with Crippen LogP contribution in [-0.2, 0) is 6.61 Å². The van der Waals surface area contributed by atoms with Gasteiger partial charge in [0.05, 0.1) is 24.8 Å². The molecule has 2 N–H and O–H groups in total. The second kappa shape index (κ2) is 5.79. The van der Waals surface area contributed by atoms with E-state index in [1.54, 1.807) is 18.9 Å². The Morgan fingerprint density at radius 3 is 2.81 bits per heavy atom. The first-order valence-electron chi connectivity index (χ1n) is 6.61. The number of imidazole rings is 1. The Labute approximate surface area is 127 Å². The van der Waals surface area contributed by atoms with Crippen molar-refractivity contribution in [2.45, 2.75) is 23.6 Å². The van der Waals surface area contributed by atoms with Gasteiger partial charge in [0.25, 0.3) is 0 Å². The number of methoxy groups -OCH3 is 1. The zero-order valence-electron chi connectivity index (χ0n) is 11.9. The van der Waals surface area contributed by atoms with Crippen molar-refractivity contribution in [3.8, 4) is 5.75 Å². The molecular weight excluding hydrogens is 284 g/mol. The fourth-order valence-corrected chi connectivity index (χ4v) is 3.04. The molecule has 0 saturated carbocycles. The molecule has 3 aromatic rings. The van der Waals surface area contributed by atoms with Crippen LogP contribution in [0.4, 0.5) is 0 Å². The molecule has 0 saturated heterocycles. The first kappa shape index (κ1) is 14.0. The fourth-order valence-electron chi connectivity index (χ4n) is 2.17. The van der Waals surface area contributed by atoms with E-state index in [4.69, 9.17) is 9.84 Å². The number of aryl methyl sites for hydroxylation is 1. The number of fused-ring (bicyclic) bond motifs is 1. The van der Waals surface area contributed by atoms with Crippen molar-refractivity contribution in [3.05, 3.63) is 47.5 Å². The molecule has 21 heavy (non-hydrogen) atoms. The summed E-state index contributed by atoms with van der Waals surface area (Å²) in [5.41, 5.74) is 3.93. The zero-order chi connectivity index (χ0) is 14.8. The zero-order valence-corrected chi connectivity index (χ0v) is 12.7. The molecule has 4 nitrogen and oxygen atoms in total. The van der Waals surface area contributed by atoms with E-state index in [-0.39, 0.29) is 6.61 Å². The Balaban J connectivity index is 1.91. The van der Waals surface area contributed by atoms with E-state index >= 15 is 0 Å². The summed E-state index contributed by atoms with van der Waals surface area (Å²) in [5, 5.41) is 10.00. The monoisotopic (exact) mass is 300 g/mol. The minimum Gasteiger partial charge on any atom is -0.497 e. The molecule has 3 rings (SSSR count). The third-order valence-corrected chi connectivity index (χ3v) is 4.36. The van der Waals surface area contributed by atoms with Crippen molar-refractivity contribution in [1.29, 1.82) is 0 Å². The lowest BCUT2D eigenvalue weighted by atomic mass is 10.1. The van der Waals surface area contributed by atoms with Crippen molar-refractivity contribution < 1.29 is 9.84 Å². The number of benzene rings is 2. The summed E-state index contributed by atoms with van der Waals surface area (Å²) in [6.45, 7) is 2.10. The van der Waals surface area contributed by atoms with Crippen molar-refractivity contribution in [2.75, 3.05) is 7.11 Å². The number of rotatable bonds is 4. The summed E-state index contributed by atoms with van der Waals surface area (Å²) in [4.78, 5) is 8.99. The van der Waals surface area contributed by atoms with Gasteiger partial charge in [-0.25, -0.2) is 4.98 Å². The van der Waals surface area contributed by atoms with Gasteiger partial charge in [0.2, 0.25) is 0 Å². The van der Waals surface area contributed by atoms with Gasteiger partial charge in [-0.05, 0) is 36.2 Å². The SMILES string of the molecule is COc1ccc2nc(Sc3ccc(CO)cc3C)[nH]c2c1. The van der Waals surface area contributed by atoms with E-state index in [1.165, 1.54) is 0 Å². The number of aliphatic hydroxyl groups excluding tert-OH is 1. The molecule has 5 heteroatoms. The van der Waals surface area contributed by atoms with Gasteiger partial charge in [0, 0.05) is 11.0 Å². The van der Waals surface area contributed by atoms with E-state index < -0.39 is 0 Å². The average Bonchev–Trinajstić information content (AvgIpc) is 2.90. The topological polar surface area (TPSA) is 58.1 Å². The van der Waals surface area contributed by atoms with E-state index in [0.717, 1.165) is 38.0 Å². The van der Waals surface area contributed by atoms with Gasteiger partial charge in [0.1, 0.15) is 5.75 Å². The van der Waals surface area contributed by atoms with E-state index in [1.807, 2.05) is 43.3 Å². The van der Waals surface area contributed by atoms with Gasteiger partial charge in [-0.15, -0.1) is 0 Å². The Morgan fingerprint density at radius 2 is 2.10 bits per heavy atom. The van der Waals surface area contributed by atoms with Gasteiger partial charge >= 0.3 is 0 Å². The maximum Gasteiger partial charge on any atom is 0.171 e. The summed E-state index contributed by atoms with van der Waals surface area (Å²) < 4.78 is 5.22. The molecule has 0 fully saturated rings. The summed E-state index contributed by atoms with van der Waals surface area (Å²) >= 11 is 1.58. The largest absolute Gasteiger partial charge is 0.497 e. The number of ether oxygens (including phenoxy) is 1. The molecule has 108 valence electrons. The van der Waals surface area contributed by atoms with Crippen molar-refractivity contribution in [2.24, 2.45) is 0 Å². The Bertz CT molecular complexity index is 783. The molecule has 0 radical (unpaired) electrons. The van der Waals surface area contributed by atoms with Gasteiger partial charge < -0.3 is 14.8 Å². The predicted molar refractivity (Wildman–Crippen MR) is 83.9 cm³/mol. The molecule has 0 aliphatic heterocycles. The number of nitrogens with zero attached hydrogens (tertiary/aromatic N) is 1. The number of aliphatic hydroxyl groups is 1. The van der Waals surface area contributed by atoms with Crippen LogP contribution in [0.25, 0.3) is 11.0 Å². The van der Waals surface area contributed by atoms with Gasteiger partial charge in [-0.3, -0.25) is 0 Å². The average molecular weight is 300 g/mol. The van der Waals surface area contributed by atoms with E-state index in [9.17, 15) is 0 Å². The molecule has 0 aliphatic carbocycles. The summed E-state index contributed by atoms with van der Waals surface area (Å²) in [7, 11) is 1.65. The normalized spacial score (nSPS) is 11.0. The highest BCUT2D eigenvalue weighted by atomic mass is 32.2. The van der Waals surface area contributed by atoms with Crippen LogP contribution in [0.15, 0.2) is 46.5 Å². The van der Waals surface area contributed by atoms with Crippen molar-refractivity contribution in [3.63, 3.8) is 0 Å². The van der Waals surface area contributed by atoms with Crippen LogP contribution < -0.4 is 4.74 Å². The molecule has 1 aromatic heterocycles. The van der Waals surface area contributed by atoms with Crippen LogP contribution in [0, 0.1) is 6.92 Å². The highest BCUT2D eigenvalue weighted by Gasteiger charge is 2.08. The lowest BCUT2D eigenvalue weighted by molar-refractivity contribution is 0.281. The smallest absolute Gasteiger partial charge is 0.171 e. The lowest BCUT2D eigenvalue weighted by Gasteiger charge is -2.05. The summed E-state index contributed by atoms with van der Waals surface area (Å²) in [6.07, 6.45) is 0. The van der Waals surface area contributed by atoms with Crippen LogP contribution >= 0.6 is 11.8 Å². The number of aromatic amines is 1. The molecular formula is C16H16N2O2S. The third kappa shape index (κ3) is 2.89. The maximum absolute atomic E-state index is 9.15. The Kier molecular flexibility index (Phi) is 3.86. The summed E-state index contributed by atoms with van der Waals surface area (Å²) in [5.74, 6) is 0.811. The van der Waals surface area contributed by atoms with Crippen LogP contribution in [0.5, 0.6) is 5.75 Å². The first-order chi connectivity index (χ1) is 10.2. The maximum atomic E-state index is 9.15. The van der Waals surface area contributed by atoms with E-state index in [2.05, 4.69) is 9.97 Å². The minimum absolute atomic E-state index is 0.0657. The molecule has 0 aliphatic rings. The lowest BCUT2D eigenvalue weighted by Crippen LogP contribution is -1.87. The number of nitrogens with one attached hydrogen (secondary N) is 1. The van der Waals surface area contributed by atoms with Gasteiger partial charge in [0.15, 0.2) is 5.16 Å². The minimum atomic E-state index is 0.0657. The number of hydrogen-bond acceptors (Lipinski definition) is 4. The van der Waals surface area contributed by atoms with Crippen LogP contribution in [0.2, 0.25) is 0 Å². The highest BCUT2D eigenvalue weighted by molar-refractivity contribution is 7.99. The van der Waals surface area contributed by atoms with E-state index in [0.29, 0.717) is 0 Å². The highest BCUT2D eigenvalue weighted by Crippen LogP contribution is 2.31. The van der Waals surface area contributed by atoms with Crippen molar-refractivity contribution in [1.82, 2.24) is 9.97 Å². The van der Waals surface area contributed by atoms with Gasteiger partial charge in [-0.2, -0.15) is 0 Å². The molecule has 1 heterocycles. The summed E-state index contributed by atoms with van der Waals surface area (Å²) in [6, 6.07) is 11.7. The molecule has 0 amide bonds. The Hall–Kier alpha value is -1.98. The quantitative estimate of drug-likeness (QED) is 0.774. The second-order valence-electron chi connectivity index (χ2n) is 4.79. The number of aromatic nitrogens is 2. The first-order valence-corrected chi connectivity index (χ1v) is 7.43. The fraction of sp³-hybridized carbons (Fsp3) is 0.188. The molecule has 0 bridgehead atoms. The van der Waals surface area contributed by atoms with Crippen LogP contribution in [0.3, 0.4) is 0 Å². The third-order valence-electron chi connectivity index (χ3n) is 3.30. The van der Waals surface area contributed by atoms with Crippen molar-refractivity contribution >= 4 is 22.8 Å². The molecule has 2 aromatic carbocycles. The molecule has 0 atom stereocenters. The van der Waals surface area contributed by atoms with Crippen LogP contribution in [0.1, 0.15) is 11.1 Å². The Morgan fingerprint density at radius 1 is 1.24 bits per heavy atom. The standard InChI is InChI=1S/C16H16N2O2S/c1-10-7-11(9-19)3-6-15(10)21-16-17-13-5-4-12(20-2)8-14(13)18-16/h3-8,19H,9H2,1-2H3,(H,17,18). The second-order valence-corrected chi connectivity index (χ2v) is 5.82. The predicted octanol–water partition coefficient (Wildman–Crippen LogP) is 3.52. The molecule has 0 unspecified atom stereocenters.